The molecule has 0 unspecified atom stereocenters. The van der Waals surface area contributed by atoms with Crippen molar-refractivity contribution in [3.05, 3.63) is 51.5 Å². The summed E-state index contributed by atoms with van der Waals surface area (Å²) in [6, 6.07) is 5.14. The fourth-order valence-electron chi connectivity index (χ4n) is 3.07. The molecule has 1 aliphatic carbocycles. The molecule has 1 aromatic carbocycles. The molecule has 3 rings (SSSR count). The van der Waals surface area contributed by atoms with Crippen LogP contribution in [-0.2, 0) is 6.42 Å². The summed E-state index contributed by atoms with van der Waals surface area (Å²) in [4.78, 5) is 12.3. The van der Waals surface area contributed by atoms with Crippen LogP contribution < -0.4 is 0 Å². The number of ketones is 1. The lowest BCUT2D eigenvalue weighted by Gasteiger charge is -2.30. The number of halogens is 2. The molecule has 0 fully saturated rings. The molecule has 0 amide bonds. The van der Waals surface area contributed by atoms with Crippen molar-refractivity contribution in [3.63, 3.8) is 0 Å². The SMILES string of the molecule is Cc1cc(Br)c(F)cc1-n1ccc2c1CC(C)(C)CC2=O. The molecular formula is C17H17BrFNO. The van der Waals surface area contributed by atoms with Gasteiger partial charge < -0.3 is 4.57 Å². The Morgan fingerprint density at radius 1 is 1.29 bits per heavy atom. The Morgan fingerprint density at radius 3 is 2.71 bits per heavy atom. The van der Waals surface area contributed by atoms with E-state index in [1.165, 1.54) is 6.07 Å². The van der Waals surface area contributed by atoms with E-state index in [1.54, 1.807) is 6.07 Å². The summed E-state index contributed by atoms with van der Waals surface area (Å²) >= 11 is 3.21. The van der Waals surface area contributed by atoms with Crippen LogP contribution >= 0.6 is 15.9 Å². The number of hydrogen-bond acceptors (Lipinski definition) is 1. The molecular weight excluding hydrogens is 333 g/mol. The Morgan fingerprint density at radius 2 is 2.00 bits per heavy atom. The van der Waals surface area contributed by atoms with Crippen LogP contribution in [0.5, 0.6) is 0 Å². The smallest absolute Gasteiger partial charge is 0.165 e. The number of aromatic nitrogens is 1. The maximum Gasteiger partial charge on any atom is 0.165 e. The molecule has 0 bridgehead atoms. The van der Waals surface area contributed by atoms with Crippen LogP contribution in [0.3, 0.4) is 0 Å². The van der Waals surface area contributed by atoms with Gasteiger partial charge in [0.1, 0.15) is 5.82 Å². The van der Waals surface area contributed by atoms with Crippen LogP contribution in [0, 0.1) is 18.2 Å². The van der Waals surface area contributed by atoms with Gasteiger partial charge in [-0.2, -0.15) is 0 Å². The highest BCUT2D eigenvalue weighted by Gasteiger charge is 2.33. The second kappa shape index (κ2) is 4.80. The molecule has 0 spiro atoms. The monoisotopic (exact) mass is 349 g/mol. The summed E-state index contributed by atoms with van der Waals surface area (Å²) in [5.41, 5.74) is 3.47. The summed E-state index contributed by atoms with van der Waals surface area (Å²) in [6.07, 6.45) is 3.26. The van der Waals surface area contributed by atoms with Gasteiger partial charge in [0.05, 0.1) is 10.2 Å². The Balaban J connectivity index is 2.19. The van der Waals surface area contributed by atoms with Gasteiger partial charge in [0, 0.05) is 23.9 Å². The largest absolute Gasteiger partial charge is 0.320 e. The van der Waals surface area contributed by atoms with E-state index in [1.807, 2.05) is 23.8 Å². The Kier molecular flexibility index (Phi) is 3.32. The normalized spacial score (nSPS) is 16.9. The Labute approximate surface area is 132 Å². The van der Waals surface area contributed by atoms with Gasteiger partial charge >= 0.3 is 0 Å². The molecule has 0 radical (unpaired) electrons. The van der Waals surface area contributed by atoms with Crippen LogP contribution in [-0.4, -0.2) is 10.4 Å². The van der Waals surface area contributed by atoms with Crippen molar-refractivity contribution in [3.8, 4) is 5.69 Å². The number of carbonyl (C=O) groups excluding carboxylic acids is 1. The number of benzene rings is 1. The first-order chi connectivity index (χ1) is 9.78. The van der Waals surface area contributed by atoms with Gasteiger partial charge in [0.2, 0.25) is 0 Å². The number of carbonyl (C=O) groups is 1. The number of nitrogens with zero attached hydrogens (tertiary/aromatic N) is 1. The summed E-state index contributed by atoms with van der Waals surface area (Å²) < 4.78 is 16.3. The van der Waals surface area contributed by atoms with E-state index in [9.17, 15) is 9.18 Å². The minimum Gasteiger partial charge on any atom is -0.320 e. The minimum absolute atomic E-state index is 0.0536. The van der Waals surface area contributed by atoms with Crippen molar-refractivity contribution in [2.75, 3.05) is 0 Å². The highest BCUT2D eigenvalue weighted by molar-refractivity contribution is 9.10. The van der Waals surface area contributed by atoms with E-state index in [0.29, 0.717) is 10.9 Å². The van der Waals surface area contributed by atoms with Gasteiger partial charge in [-0.1, -0.05) is 13.8 Å². The van der Waals surface area contributed by atoms with Crippen LogP contribution in [0.1, 0.15) is 41.9 Å². The fourth-order valence-corrected chi connectivity index (χ4v) is 3.52. The van der Waals surface area contributed by atoms with Crippen molar-refractivity contribution in [1.29, 1.82) is 0 Å². The molecule has 1 aromatic heterocycles. The molecule has 2 nitrogen and oxygen atoms in total. The van der Waals surface area contributed by atoms with Crippen molar-refractivity contribution >= 4 is 21.7 Å². The number of hydrogen-bond donors (Lipinski definition) is 0. The van der Waals surface area contributed by atoms with E-state index < -0.39 is 0 Å². The standard InChI is InChI=1S/C17H17BrFNO/c1-10-6-12(18)13(19)7-14(10)20-5-4-11-15(20)8-17(2,3)9-16(11)21/h4-7H,8-9H2,1-3H3. The number of rotatable bonds is 1. The molecule has 110 valence electrons. The van der Waals surface area contributed by atoms with Gasteiger partial charge in [-0.05, 0) is 58.5 Å². The summed E-state index contributed by atoms with van der Waals surface area (Å²) in [7, 11) is 0. The van der Waals surface area contributed by atoms with Gasteiger partial charge in [-0.25, -0.2) is 4.39 Å². The van der Waals surface area contributed by atoms with E-state index >= 15 is 0 Å². The van der Waals surface area contributed by atoms with E-state index in [2.05, 4.69) is 29.8 Å². The Bertz CT molecular complexity index is 745. The lowest BCUT2D eigenvalue weighted by molar-refractivity contribution is 0.0911. The number of fused-ring (bicyclic) bond motifs is 1. The van der Waals surface area contributed by atoms with Gasteiger partial charge in [0.25, 0.3) is 0 Å². The molecule has 1 heterocycles. The summed E-state index contributed by atoms with van der Waals surface area (Å²) in [5, 5.41) is 0. The third kappa shape index (κ3) is 2.46. The topological polar surface area (TPSA) is 22.0 Å². The van der Waals surface area contributed by atoms with Gasteiger partial charge in [-0.3, -0.25) is 4.79 Å². The highest BCUT2D eigenvalue weighted by Crippen LogP contribution is 2.37. The predicted octanol–water partition coefficient (Wildman–Crippen LogP) is 4.84. The second-order valence-corrected chi connectivity index (χ2v) is 7.39. The maximum absolute atomic E-state index is 13.9. The van der Waals surface area contributed by atoms with Crippen LogP contribution in [0.2, 0.25) is 0 Å². The lowest BCUT2D eigenvalue weighted by Crippen LogP contribution is -2.27. The predicted molar refractivity (Wildman–Crippen MR) is 84.6 cm³/mol. The number of aryl methyl sites for hydroxylation is 1. The molecule has 0 saturated heterocycles. The first-order valence-corrected chi connectivity index (χ1v) is 7.77. The van der Waals surface area contributed by atoms with E-state index in [4.69, 9.17) is 0 Å². The fraction of sp³-hybridized carbons (Fsp3) is 0.353. The van der Waals surface area contributed by atoms with Gasteiger partial charge in [-0.15, -0.1) is 0 Å². The highest BCUT2D eigenvalue weighted by atomic mass is 79.9. The van der Waals surface area contributed by atoms with Crippen LogP contribution in [0.4, 0.5) is 4.39 Å². The summed E-state index contributed by atoms with van der Waals surface area (Å²) in [6.45, 7) is 6.14. The van der Waals surface area contributed by atoms with Crippen LogP contribution in [0.15, 0.2) is 28.9 Å². The summed E-state index contributed by atoms with van der Waals surface area (Å²) in [5.74, 6) is -0.116. The first-order valence-electron chi connectivity index (χ1n) is 6.98. The molecule has 0 N–H and O–H groups in total. The zero-order valence-electron chi connectivity index (χ0n) is 12.3. The van der Waals surface area contributed by atoms with Crippen molar-refractivity contribution in [2.45, 2.75) is 33.6 Å². The molecule has 0 saturated carbocycles. The second-order valence-electron chi connectivity index (χ2n) is 6.54. The van der Waals surface area contributed by atoms with E-state index in [0.717, 1.165) is 28.9 Å². The molecule has 0 aliphatic heterocycles. The van der Waals surface area contributed by atoms with Crippen molar-refractivity contribution < 1.29 is 9.18 Å². The molecule has 0 atom stereocenters. The number of Topliss-reactive ketones (excluding diaryl/α,β-unsaturated/α-hetero) is 1. The molecule has 4 heteroatoms. The molecule has 1 aliphatic rings. The third-order valence-electron chi connectivity index (χ3n) is 4.08. The third-order valence-corrected chi connectivity index (χ3v) is 4.68. The quantitative estimate of drug-likeness (QED) is 0.721. The molecule has 21 heavy (non-hydrogen) atoms. The molecule has 2 aromatic rings. The first kappa shape index (κ1) is 14.5. The zero-order chi connectivity index (χ0) is 15.4. The Hall–Kier alpha value is -1.42. The maximum atomic E-state index is 13.9. The minimum atomic E-state index is -0.292. The van der Waals surface area contributed by atoms with E-state index in [-0.39, 0.29) is 17.0 Å². The zero-order valence-corrected chi connectivity index (χ0v) is 13.9. The van der Waals surface area contributed by atoms with Crippen molar-refractivity contribution in [1.82, 2.24) is 4.57 Å². The average Bonchev–Trinajstić information content (AvgIpc) is 2.76. The van der Waals surface area contributed by atoms with Crippen LogP contribution in [0.25, 0.3) is 5.69 Å². The lowest BCUT2D eigenvalue weighted by atomic mass is 9.76. The van der Waals surface area contributed by atoms with Gasteiger partial charge in [0.15, 0.2) is 5.78 Å². The van der Waals surface area contributed by atoms with Crippen molar-refractivity contribution in [2.24, 2.45) is 5.41 Å². The average molecular weight is 350 g/mol.